The topological polar surface area (TPSA) is 86.0 Å². The third-order valence-corrected chi connectivity index (χ3v) is 6.89. The van der Waals surface area contributed by atoms with Crippen LogP contribution in [0.25, 0.3) is 32.4 Å². The fourth-order valence-corrected chi connectivity index (χ4v) is 5.01. The molecule has 170 valence electrons. The molecule has 7 heteroatoms. The second kappa shape index (κ2) is 7.81. The van der Waals surface area contributed by atoms with E-state index < -0.39 is 0 Å². The zero-order chi connectivity index (χ0) is 23.4. The summed E-state index contributed by atoms with van der Waals surface area (Å²) >= 11 is 0. The van der Waals surface area contributed by atoms with Crippen molar-refractivity contribution in [2.45, 2.75) is 20.4 Å². The van der Waals surface area contributed by atoms with Crippen LogP contribution in [0.1, 0.15) is 19.4 Å². The van der Waals surface area contributed by atoms with Crippen molar-refractivity contribution in [3.63, 3.8) is 0 Å². The van der Waals surface area contributed by atoms with E-state index in [1.165, 1.54) is 4.57 Å². The van der Waals surface area contributed by atoms with Gasteiger partial charge in [0.2, 0.25) is 5.88 Å². The van der Waals surface area contributed by atoms with Crippen LogP contribution >= 0.6 is 0 Å². The molecule has 3 aromatic carbocycles. The van der Waals surface area contributed by atoms with Gasteiger partial charge in [-0.2, -0.15) is 0 Å². The summed E-state index contributed by atoms with van der Waals surface area (Å²) in [5.74, 6) is 0.610. The molecule has 0 spiro atoms. The fourth-order valence-electron chi connectivity index (χ4n) is 5.01. The van der Waals surface area contributed by atoms with Gasteiger partial charge < -0.3 is 15.0 Å². The fraction of sp³-hybridized carbons (Fsp3) is 0.222. The molecule has 0 saturated heterocycles. The van der Waals surface area contributed by atoms with Crippen molar-refractivity contribution >= 4 is 44.0 Å². The normalized spacial score (nSPS) is 13.2. The van der Waals surface area contributed by atoms with Gasteiger partial charge >= 0.3 is 0 Å². The Bertz CT molecular complexity index is 1720. The minimum absolute atomic E-state index is 0.0144. The standard InChI is InChI=1S/C27H25N5O2/c1-3-31(4-2)12-13-32-26(33)18-10-7-9-17-23(18)19(27(32)34)14-22-24(17)30-25(29-22)20-15-28-21-11-6-5-8-16(20)21/h5-11,14-15,28,34H,3-4,12-13H2,1-2H3. The van der Waals surface area contributed by atoms with Crippen molar-refractivity contribution in [3.05, 3.63) is 76.0 Å². The molecule has 0 atom stereocenters. The summed E-state index contributed by atoms with van der Waals surface area (Å²) in [4.78, 5) is 28.6. The Morgan fingerprint density at radius 2 is 1.74 bits per heavy atom. The maximum absolute atomic E-state index is 13.4. The summed E-state index contributed by atoms with van der Waals surface area (Å²) in [5.41, 5.74) is 2.47. The lowest BCUT2D eigenvalue weighted by atomic mass is 10.0. The lowest BCUT2D eigenvalue weighted by Gasteiger charge is -2.20. The van der Waals surface area contributed by atoms with Crippen LogP contribution in [0.5, 0.6) is 5.88 Å². The molecule has 34 heavy (non-hydrogen) atoms. The number of rotatable bonds is 6. The van der Waals surface area contributed by atoms with Gasteiger partial charge in [0.15, 0.2) is 5.84 Å². The number of benzene rings is 3. The van der Waals surface area contributed by atoms with Crippen molar-refractivity contribution in [1.29, 1.82) is 0 Å². The summed E-state index contributed by atoms with van der Waals surface area (Å²) in [6.07, 6.45) is 1.92. The van der Waals surface area contributed by atoms with E-state index in [4.69, 9.17) is 9.98 Å². The maximum atomic E-state index is 13.4. The minimum atomic E-state index is -0.182. The number of para-hydroxylation sites is 1. The van der Waals surface area contributed by atoms with Gasteiger partial charge in [-0.15, -0.1) is 0 Å². The van der Waals surface area contributed by atoms with E-state index in [1.54, 1.807) is 0 Å². The summed E-state index contributed by atoms with van der Waals surface area (Å²) in [6, 6.07) is 15.6. The van der Waals surface area contributed by atoms with Crippen LogP contribution in [0.3, 0.4) is 0 Å². The van der Waals surface area contributed by atoms with Crippen molar-refractivity contribution < 1.29 is 5.11 Å². The van der Waals surface area contributed by atoms with Crippen LogP contribution in [0.4, 0.5) is 5.69 Å². The number of fused-ring (bicyclic) bond motifs is 3. The molecule has 5 aromatic rings. The predicted octanol–water partition coefficient (Wildman–Crippen LogP) is 4.11. The first-order valence-corrected chi connectivity index (χ1v) is 11.7. The van der Waals surface area contributed by atoms with Crippen LogP contribution in [0.15, 0.2) is 69.5 Å². The van der Waals surface area contributed by atoms with E-state index in [1.807, 2.05) is 54.7 Å². The summed E-state index contributed by atoms with van der Waals surface area (Å²) < 4.78 is 1.48. The highest BCUT2D eigenvalue weighted by Gasteiger charge is 2.22. The molecular formula is C27H25N5O2. The van der Waals surface area contributed by atoms with Crippen LogP contribution in [0.2, 0.25) is 0 Å². The monoisotopic (exact) mass is 451 g/mol. The number of aliphatic imine (C=N–C) groups is 1. The minimum Gasteiger partial charge on any atom is -0.494 e. The molecule has 0 fully saturated rings. The van der Waals surface area contributed by atoms with Crippen LogP contribution in [0, 0.1) is 0 Å². The molecule has 3 heterocycles. The molecule has 0 bridgehead atoms. The number of nitrogens with one attached hydrogen (secondary N) is 1. The highest BCUT2D eigenvalue weighted by atomic mass is 16.3. The molecule has 0 amide bonds. The number of pyridine rings is 1. The molecule has 2 N–H and O–H groups in total. The zero-order valence-electron chi connectivity index (χ0n) is 19.2. The third-order valence-electron chi connectivity index (χ3n) is 6.89. The van der Waals surface area contributed by atoms with Gasteiger partial charge in [-0.05, 0) is 31.3 Å². The lowest BCUT2D eigenvalue weighted by Crippen LogP contribution is -2.31. The Balaban J connectivity index is 1.56. The van der Waals surface area contributed by atoms with E-state index in [0.717, 1.165) is 45.7 Å². The number of hydrogen-bond acceptors (Lipinski definition) is 5. The number of aromatic amines is 1. The molecule has 7 nitrogen and oxygen atoms in total. The van der Waals surface area contributed by atoms with Gasteiger partial charge in [-0.25, -0.2) is 9.98 Å². The summed E-state index contributed by atoms with van der Waals surface area (Å²) in [5, 5.41) is 15.8. The Kier molecular flexibility index (Phi) is 4.74. The Hall–Kier alpha value is -3.97. The van der Waals surface area contributed by atoms with E-state index in [2.05, 4.69) is 23.7 Å². The molecule has 1 aliphatic heterocycles. The molecule has 2 aromatic heterocycles. The second-order valence-electron chi connectivity index (χ2n) is 8.62. The number of aromatic nitrogens is 2. The maximum Gasteiger partial charge on any atom is 0.261 e. The number of nitrogens with zero attached hydrogens (tertiary/aromatic N) is 4. The van der Waals surface area contributed by atoms with E-state index in [-0.39, 0.29) is 11.4 Å². The first-order chi connectivity index (χ1) is 16.6. The number of amidine groups is 1. The van der Waals surface area contributed by atoms with Crippen molar-refractivity contribution in [3.8, 4) is 5.88 Å². The smallest absolute Gasteiger partial charge is 0.261 e. The SMILES string of the molecule is CCN(CC)CCn1c(O)c2cc3c(c4cccc(c1=O)c24)=NC(c1c[nH]c2ccccc12)=N3. The van der Waals surface area contributed by atoms with Crippen LogP contribution < -0.4 is 10.9 Å². The van der Waals surface area contributed by atoms with Gasteiger partial charge in [-0.1, -0.05) is 44.2 Å². The summed E-state index contributed by atoms with van der Waals surface area (Å²) in [6.45, 7) is 7.09. The van der Waals surface area contributed by atoms with Gasteiger partial charge in [0.25, 0.3) is 5.56 Å². The molecular weight excluding hydrogens is 426 g/mol. The summed E-state index contributed by atoms with van der Waals surface area (Å²) in [7, 11) is 0. The number of H-pyrrole nitrogens is 1. The van der Waals surface area contributed by atoms with Gasteiger partial charge in [-0.3, -0.25) is 9.36 Å². The Morgan fingerprint density at radius 1 is 0.971 bits per heavy atom. The number of hydrogen-bond donors (Lipinski definition) is 2. The van der Waals surface area contributed by atoms with Gasteiger partial charge in [0.1, 0.15) is 0 Å². The van der Waals surface area contributed by atoms with Crippen molar-refractivity contribution in [1.82, 2.24) is 14.5 Å². The largest absolute Gasteiger partial charge is 0.494 e. The van der Waals surface area contributed by atoms with E-state index in [0.29, 0.717) is 35.4 Å². The first kappa shape index (κ1) is 20.6. The van der Waals surface area contributed by atoms with Crippen LogP contribution in [-0.2, 0) is 6.54 Å². The lowest BCUT2D eigenvalue weighted by molar-refractivity contribution is 0.281. The molecule has 0 unspecified atom stereocenters. The van der Waals surface area contributed by atoms with E-state index >= 15 is 0 Å². The molecule has 6 rings (SSSR count). The van der Waals surface area contributed by atoms with E-state index in [9.17, 15) is 9.90 Å². The number of aromatic hydroxyl groups is 1. The highest BCUT2D eigenvalue weighted by Crippen LogP contribution is 2.34. The quantitative estimate of drug-likeness (QED) is 0.407. The van der Waals surface area contributed by atoms with Gasteiger partial charge in [0.05, 0.1) is 11.0 Å². The average molecular weight is 452 g/mol. The molecule has 1 aliphatic rings. The average Bonchev–Trinajstić information content (AvgIpc) is 3.48. The molecule has 0 saturated carbocycles. The zero-order valence-corrected chi connectivity index (χ0v) is 19.2. The Morgan fingerprint density at radius 3 is 2.56 bits per heavy atom. The number of likely N-dealkylation sites (N-methyl/N-ethyl adjacent to an activating group) is 1. The Labute approximate surface area is 195 Å². The van der Waals surface area contributed by atoms with Crippen molar-refractivity contribution in [2.24, 2.45) is 9.98 Å². The van der Waals surface area contributed by atoms with Gasteiger partial charge in [0, 0.05) is 57.3 Å². The molecule has 0 radical (unpaired) electrons. The third kappa shape index (κ3) is 2.97. The second-order valence-corrected chi connectivity index (χ2v) is 8.62. The molecule has 0 aliphatic carbocycles. The van der Waals surface area contributed by atoms with Crippen molar-refractivity contribution in [2.75, 3.05) is 19.6 Å². The predicted molar refractivity (Wildman–Crippen MR) is 136 cm³/mol. The highest BCUT2D eigenvalue weighted by molar-refractivity contribution is 6.16. The van der Waals surface area contributed by atoms with Crippen LogP contribution in [-0.4, -0.2) is 45.0 Å². The first-order valence-electron chi connectivity index (χ1n) is 11.7.